The molecule has 2 heterocycles. The van der Waals surface area contributed by atoms with Crippen LogP contribution in [0.4, 0.5) is 8.78 Å². The van der Waals surface area contributed by atoms with Gasteiger partial charge in [-0.2, -0.15) is 13.9 Å². The summed E-state index contributed by atoms with van der Waals surface area (Å²) in [5.41, 5.74) is 2.90. The minimum absolute atomic E-state index is 0.0417. The van der Waals surface area contributed by atoms with Crippen molar-refractivity contribution in [3.05, 3.63) is 105 Å². The highest BCUT2D eigenvalue weighted by Crippen LogP contribution is 2.39. The maximum Gasteiger partial charge on any atom is 0.337 e. The monoisotopic (exact) mass is 549 g/mol. The van der Waals surface area contributed by atoms with E-state index >= 15 is 0 Å². The number of aliphatic carboxylic acids is 1. The third kappa shape index (κ3) is 5.05. The van der Waals surface area contributed by atoms with Crippen LogP contribution in [0, 0.1) is 6.92 Å². The highest BCUT2D eigenvalue weighted by Gasteiger charge is 2.49. The molecule has 2 N–H and O–H groups in total. The number of hydrazone groups is 1. The highest BCUT2D eigenvalue weighted by atomic mass is 35.5. The Labute approximate surface area is 226 Å². The standard InChI is InChI=1S/C29H22ClF2N3O4/c1-16-6-8-17(9-7-16)23-14-22(34-35(23)28(39)29(31,32)15-24(36)37)26-25(18-10-12-19(30)13-11-18)20-4-2-3-5-21(20)33-27(26)38/h2-13,23H,14-15H2,1H3,(H,33,38)(H,36,37)/t23-/m0/s1. The molecule has 0 bridgehead atoms. The summed E-state index contributed by atoms with van der Waals surface area (Å²) >= 11 is 6.10. The number of carboxylic acids is 1. The average molecular weight is 550 g/mol. The molecule has 39 heavy (non-hydrogen) atoms. The number of halogens is 3. The van der Waals surface area contributed by atoms with Gasteiger partial charge in [-0.15, -0.1) is 0 Å². The molecular weight excluding hydrogens is 528 g/mol. The molecule has 3 aromatic carbocycles. The Morgan fingerprint density at radius 1 is 1.05 bits per heavy atom. The van der Waals surface area contributed by atoms with E-state index in [-0.39, 0.29) is 17.7 Å². The number of carboxylic acid groups (broad SMARTS) is 1. The molecule has 0 unspecified atom stereocenters. The van der Waals surface area contributed by atoms with Crippen LogP contribution in [-0.4, -0.2) is 38.6 Å². The van der Waals surface area contributed by atoms with Crippen LogP contribution in [0.2, 0.25) is 5.02 Å². The molecule has 0 saturated carbocycles. The second-order valence-electron chi connectivity index (χ2n) is 9.36. The number of aryl methyl sites for hydroxylation is 1. The average Bonchev–Trinajstić information content (AvgIpc) is 3.32. The van der Waals surface area contributed by atoms with Crippen molar-refractivity contribution in [1.82, 2.24) is 9.99 Å². The van der Waals surface area contributed by atoms with Crippen LogP contribution < -0.4 is 5.56 Å². The SMILES string of the molecule is Cc1ccc([C@@H]2CC(c3c(-c4ccc(Cl)cc4)c4ccccc4[nH]c3=O)=NN2C(=O)C(F)(F)CC(=O)O)cc1. The van der Waals surface area contributed by atoms with Crippen molar-refractivity contribution in [3.63, 3.8) is 0 Å². The Morgan fingerprint density at radius 2 is 1.72 bits per heavy atom. The topological polar surface area (TPSA) is 103 Å². The van der Waals surface area contributed by atoms with Gasteiger partial charge in [-0.1, -0.05) is 71.8 Å². The summed E-state index contributed by atoms with van der Waals surface area (Å²) in [4.78, 5) is 40.4. The predicted molar refractivity (Wildman–Crippen MR) is 144 cm³/mol. The number of amides is 1. The number of para-hydroxylation sites is 1. The number of alkyl halides is 2. The van der Waals surface area contributed by atoms with Gasteiger partial charge in [-0.25, -0.2) is 5.01 Å². The van der Waals surface area contributed by atoms with Crippen molar-refractivity contribution < 1.29 is 23.5 Å². The minimum Gasteiger partial charge on any atom is -0.481 e. The quantitative estimate of drug-likeness (QED) is 0.310. The van der Waals surface area contributed by atoms with Crippen LogP contribution in [0.25, 0.3) is 22.0 Å². The van der Waals surface area contributed by atoms with Crippen molar-refractivity contribution in [2.75, 3.05) is 0 Å². The van der Waals surface area contributed by atoms with Crippen LogP contribution in [-0.2, 0) is 9.59 Å². The molecule has 5 rings (SSSR count). The number of rotatable bonds is 6. The first-order valence-electron chi connectivity index (χ1n) is 12.0. The summed E-state index contributed by atoms with van der Waals surface area (Å²) in [6.07, 6.45) is -1.72. The molecule has 0 saturated heterocycles. The number of benzene rings is 3. The minimum atomic E-state index is -4.21. The fourth-order valence-electron chi connectivity index (χ4n) is 4.76. The van der Waals surface area contributed by atoms with Crippen molar-refractivity contribution in [2.45, 2.75) is 31.7 Å². The maximum absolute atomic E-state index is 14.8. The Bertz CT molecular complexity index is 1680. The van der Waals surface area contributed by atoms with Crippen LogP contribution in [0.3, 0.4) is 0 Å². The lowest BCUT2D eigenvalue weighted by atomic mass is 9.91. The smallest absolute Gasteiger partial charge is 0.337 e. The zero-order valence-corrected chi connectivity index (χ0v) is 21.4. The molecule has 198 valence electrons. The number of aromatic nitrogens is 1. The lowest BCUT2D eigenvalue weighted by Gasteiger charge is -2.25. The molecule has 1 aliphatic heterocycles. The summed E-state index contributed by atoms with van der Waals surface area (Å²) in [5.74, 6) is -7.78. The Morgan fingerprint density at radius 3 is 2.38 bits per heavy atom. The van der Waals surface area contributed by atoms with Gasteiger partial charge in [0.15, 0.2) is 0 Å². The van der Waals surface area contributed by atoms with Gasteiger partial charge in [0.25, 0.3) is 5.56 Å². The number of carbonyl (C=O) groups is 2. The van der Waals surface area contributed by atoms with E-state index in [1.54, 1.807) is 66.7 Å². The fraction of sp³-hybridized carbons (Fsp3) is 0.172. The van der Waals surface area contributed by atoms with Gasteiger partial charge in [-0.3, -0.25) is 14.4 Å². The van der Waals surface area contributed by atoms with E-state index in [4.69, 9.17) is 16.7 Å². The highest BCUT2D eigenvalue weighted by molar-refractivity contribution is 6.30. The summed E-state index contributed by atoms with van der Waals surface area (Å²) in [6, 6.07) is 19.9. The number of pyridine rings is 1. The summed E-state index contributed by atoms with van der Waals surface area (Å²) in [7, 11) is 0. The van der Waals surface area contributed by atoms with E-state index in [0.717, 1.165) is 5.56 Å². The lowest BCUT2D eigenvalue weighted by Crippen LogP contribution is -2.42. The van der Waals surface area contributed by atoms with Gasteiger partial charge in [0.1, 0.15) is 6.42 Å². The number of fused-ring (bicyclic) bond motifs is 1. The molecule has 7 nitrogen and oxygen atoms in total. The van der Waals surface area contributed by atoms with Crippen molar-refractivity contribution >= 4 is 40.1 Å². The molecule has 1 atom stereocenters. The number of H-pyrrole nitrogens is 1. The summed E-state index contributed by atoms with van der Waals surface area (Å²) in [5, 5.41) is 15.0. The molecule has 4 aromatic rings. The Balaban J connectivity index is 1.72. The van der Waals surface area contributed by atoms with E-state index < -0.39 is 35.8 Å². The molecule has 0 fully saturated rings. The predicted octanol–water partition coefficient (Wildman–Crippen LogP) is 5.94. The third-order valence-electron chi connectivity index (χ3n) is 6.61. The van der Waals surface area contributed by atoms with E-state index in [9.17, 15) is 23.2 Å². The van der Waals surface area contributed by atoms with E-state index in [1.165, 1.54) is 0 Å². The van der Waals surface area contributed by atoms with Crippen molar-refractivity contribution in [3.8, 4) is 11.1 Å². The van der Waals surface area contributed by atoms with Crippen LogP contribution in [0.15, 0.2) is 82.7 Å². The molecular formula is C29H22ClF2N3O4. The van der Waals surface area contributed by atoms with Gasteiger partial charge >= 0.3 is 17.8 Å². The second-order valence-corrected chi connectivity index (χ2v) is 9.80. The van der Waals surface area contributed by atoms with Crippen LogP contribution >= 0.6 is 11.6 Å². The largest absolute Gasteiger partial charge is 0.481 e. The second kappa shape index (κ2) is 10.1. The van der Waals surface area contributed by atoms with Gasteiger partial charge in [0, 0.05) is 27.9 Å². The van der Waals surface area contributed by atoms with E-state index in [2.05, 4.69) is 10.1 Å². The van der Waals surface area contributed by atoms with Crippen LogP contribution in [0.5, 0.6) is 0 Å². The number of carbonyl (C=O) groups excluding carboxylic acids is 1. The van der Waals surface area contributed by atoms with Gasteiger partial charge in [-0.05, 0) is 36.2 Å². The Kier molecular flexibility index (Phi) is 6.78. The number of aromatic amines is 1. The molecule has 0 aliphatic carbocycles. The van der Waals surface area contributed by atoms with Gasteiger partial charge in [0.2, 0.25) is 0 Å². The fourth-order valence-corrected chi connectivity index (χ4v) is 4.89. The number of hydrogen-bond acceptors (Lipinski definition) is 4. The van der Waals surface area contributed by atoms with Crippen LogP contribution in [0.1, 0.15) is 35.6 Å². The summed E-state index contributed by atoms with van der Waals surface area (Å²) in [6.45, 7) is 1.86. The molecule has 1 aliphatic rings. The Hall–Kier alpha value is -4.37. The third-order valence-corrected chi connectivity index (χ3v) is 6.86. The van der Waals surface area contributed by atoms with Gasteiger partial charge in [0.05, 0.1) is 17.3 Å². The van der Waals surface area contributed by atoms with Gasteiger partial charge < -0.3 is 10.1 Å². The first-order chi connectivity index (χ1) is 18.5. The first kappa shape index (κ1) is 26.2. The zero-order chi connectivity index (χ0) is 27.9. The number of nitrogens with zero attached hydrogens (tertiary/aromatic N) is 2. The molecule has 10 heteroatoms. The lowest BCUT2D eigenvalue weighted by molar-refractivity contribution is -0.167. The molecule has 0 radical (unpaired) electrons. The van der Waals surface area contributed by atoms with E-state index in [1.807, 2.05) is 13.0 Å². The normalized spacial score (nSPS) is 15.4. The number of nitrogens with one attached hydrogen (secondary N) is 1. The molecule has 1 amide bonds. The zero-order valence-electron chi connectivity index (χ0n) is 20.6. The number of hydrogen-bond donors (Lipinski definition) is 2. The molecule has 1 aromatic heterocycles. The van der Waals surface area contributed by atoms with Crippen molar-refractivity contribution in [2.24, 2.45) is 5.10 Å². The first-order valence-corrected chi connectivity index (χ1v) is 12.4. The molecule has 0 spiro atoms. The van der Waals surface area contributed by atoms with E-state index in [0.29, 0.717) is 37.6 Å². The summed E-state index contributed by atoms with van der Waals surface area (Å²) < 4.78 is 29.5. The maximum atomic E-state index is 14.8. The van der Waals surface area contributed by atoms with Crippen molar-refractivity contribution in [1.29, 1.82) is 0 Å².